The highest BCUT2D eigenvalue weighted by molar-refractivity contribution is 5.73. The Morgan fingerprint density at radius 1 is 1.23 bits per heavy atom. The number of ether oxygens (including phenoxy) is 4. The average Bonchev–Trinajstić information content (AvgIpc) is 2.76. The van der Waals surface area contributed by atoms with Gasteiger partial charge in [0.15, 0.2) is 23.0 Å². The van der Waals surface area contributed by atoms with Gasteiger partial charge in [0, 0.05) is 18.7 Å². The van der Waals surface area contributed by atoms with Crippen LogP contribution < -0.4 is 24.3 Å². The normalized spacial score (nSPS) is 16.9. The molecule has 0 saturated heterocycles. The SMILES string of the molecule is COc1cc(O)ccc1OC[C@@H](O)CN[C@H](C)Cc1ccc2c(c1)OC[C@H](C(=O)O)O2. The van der Waals surface area contributed by atoms with Crippen LogP contribution in [0.3, 0.4) is 0 Å². The van der Waals surface area contributed by atoms with E-state index in [-0.39, 0.29) is 25.0 Å². The molecule has 9 nitrogen and oxygen atoms in total. The first-order valence-electron chi connectivity index (χ1n) is 9.92. The zero-order chi connectivity index (χ0) is 22.4. The number of nitrogens with one attached hydrogen (secondary N) is 1. The van der Waals surface area contributed by atoms with Crippen molar-refractivity contribution in [3.63, 3.8) is 0 Å². The van der Waals surface area contributed by atoms with Crippen molar-refractivity contribution in [1.82, 2.24) is 5.32 Å². The number of carboxylic acid groups (broad SMARTS) is 1. The molecule has 2 aromatic carbocycles. The summed E-state index contributed by atoms with van der Waals surface area (Å²) in [7, 11) is 1.48. The van der Waals surface area contributed by atoms with Crippen LogP contribution in [0.25, 0.3) is 0 Å². The zero-order valence-corrected chi connectivity index (χ0v) is 17.4. The van der Waals surface area contributed by atoms with Gasteiger partial charge in [0.2, 0.25) is 6.10 Å². The molecule has 0 saturated carbocycles. The summed E-state index contributed by atoms with van der Waals surface area (Å²) in [5.41, 5.74) is 0.996. The molecule has 0 bridgehead atoms. The van der Waals surface area contributed by atoms with E-state index in [0.717, 1.165) is 5.56 Å². The molecular formula is C22H27NO8. The van der Waals surface area contributed by atoms with Gasteiger partial charge in [-0.3, -0.25) is 0 Å². The van der Waals surface area contributed by atoms with Crippen LogP contribution in [0.5, 0.6) is 28.7 Å². The van der Waals surface area contributed by atoms with Crippen LogP contribution in [0, 0.1) is 0 Å². The number of aliphatic hydroxyl groups is 1. The van der Waals surface area contributed by atoms with Gasteiger partial charge in [-0.05, 0) is 43.2 Å². The van der Waals surface area contributed by atoms with E-state index in [1.807, 2.05) is 19.1 Å². The highest BCUT2D eigenvalue weighted by Crippen LogP contribution is 2.33. The number of phenolic OH excluding ortho intramolecular Hbond substituents is 1. The van der Waals surface area contributed by atoms with Crippen LogP contribution in [-0.4, -0.2) is 66.4 Å². The Kier molecular flexibility index (Phi) is 7.43. The summed E-state index contributed by atoms with van der Waals surface area (Å²) in [5.74, 6) is 0.786. The molecule has 3 atom stereocenters. The molecule has 0 radical (unpaired) electrons. The third-order valence-electron chi connectivity index (χ3n) is 4.77. The van der Waals surface area contributed by atoms with Crippen molar-refractivity contribution in [2.75, 3.05) is 26.9 Å². The third-order valence-corrected chi connectivity index (χ3v) is 4.77. The van der Waals surface area contributed by atoms with Crippen molar-refractivity contribution in [2.45, 2.75) is 31.6 Å². The maximum absolute atomic E-state index is 11.0. The van der Waals surface area contributed by atoms with Gasteiger partial charge >= 0.3 is 5.97 Å². The number of benzene rings is 2. The minimum absolute atomic E-state index is 0.0302. The number of rotatable bonds is 10. The first-order valence-corrected chi connectivity index (χ1v) is 9.92. The number of hydrogen-bond acceptors (Lipinski definition) is 8. The molecule has 2 aromatic rings. The first-order chi connectivity index (χ1) is 14.9. The summed E-state index contributed by atoms with van der Waals surface area (Å²) in [6, 6.07) is 9.98. The quantitative estimate of drug-likeness (QED) is 0.442. The second-order valence-corrected chi connectivity index (χ2v) is 7.35. The lowest BCUT2D eigenvalue weighted by Crippen LogP contribution is -2.37. The molecule has 4 N–H and O–H groups in total. The van der Waals surface area contributed by atoms with Gasteiger partial charge in [0.05, 0.1) is 7.11 Å². The number of carboxylic acids is 1. The fourth-order valence-electron chi connectivity index (χ4n) is 3.15. The number of hydrogen-bond donors (Lipinski definition) is 4. The minimum Gasteiger partial charge on any atom is -0.508 e. The summed E-state index contributed by atoms with van der Waals surface area (Å²) in [6.45, 7) is 2.35. The molecule has 1 heterocycles. The molecule has 9 heteroatoms. The van der Waals surface area contributed by atoms with Gasteiger partial charge < -0.3 is 39.6 Å². The van der Waals surface area contributed by atoms with E-state index in [0.29, 0.717) is 36.0 Å². The van der Waals surface area contributed by atoms with Gasteiger partial charge in [-0.15, -0.1) is 0 Å². The highest BCUT2D eigenvalue weighted by Gasteiger charge is 2.27. The fraction of sp³-hybridized carbons (Fsp3) is 0.409. The predicted molar refractivity (Wildman–Crippen MR) is 111 cm³/mol. The largest absolute Gasteiger partial charge is 0.508 e. The molecule has 168 valence electrons. The van der Waals surface area contributed by atoms with E-state index in [9.17, 15) is 15.0 Å². The fourth-order valence-corrected chi connectivity index (χ4v) is 3.15. The Hall–Kier alpha value is -3.17. The number of methoxy groups -OCH3 is 1. The molecule has 0 fully saturated rings. The number of phenols is 1. The lowest BCUT2D eigenvalue weighted by molar-refractivity contribution is -0.147. The number of aliphatic hydroxyl groups excluding tert-OH is 1. The van der Waals surface area contributed by atoms with Gasteiger partial charge in [-0.1, -0.05) is 6.07 Å². The molecule has 0 aromatic heterocycles. The summed E-state index contributed by atoms with van der Waals surface area (Å²) < 4.78 is 21.7. The monoisotopic (exact) mass is 433 g/mol. The maximum Gasteiger partial charge on any atom is 0.348 e. The summed E-state index contributed by atoms with van der Waals surface area (Å²) in [5, 5.41) is 32.0. The molecular weight excluding hydrogens is 406 g/mol. The Bertz CT molecular complexity index is 903. The van der Waals surface area contributed by atoms with Crippen molar-refractivity contribution in [3.8, 4) is 28.7 Å². The first kappa shape index (κ1) is 22.5. The molecule has 0 aliphatic carbocycles. The second kappa shape index (κ2) is 10.2. The van der Waals surface area contributed by atoms with Gasteiger partial charge in [-0.2, -0.15) is 0 Å². The molecule has 0 spiro atoms. The predicted octanol–water partition coefficient (Wildman–Crippen LogP) is 1.59. The molecule has 3 rings (SSSR count). The Morgan fingerprint density at radius 3 is 2.77 bits per heavy atom. The van der Waals surface area contributed by atoms with Gasteiger partial charge in [0.25, 0.3) is 0 Å². The number of aromatic hydroxyl groups is 1. The van der Waals surface area contributed by atoms with E-state index < -0.39 is 18.2 Å². The second-order valence-electron chi connectivity index (χ2n) is 7.35. The number of fused-ring (bicyclic) bond motifs is 1. The van der Waals surface area contributed by atoms with Crippen LogP contribution in [-0.2, 0) is 11.2 Å². The van der Waals surface area contributed by atoms with Crippen LogP contribution >= 0.6 is 0 Å². The molecule has 0 unspecified atom stereocenters. The van der Waals surface area contributed by atoms with Crippen LogP contribution in [0.4, 0.5) is 0 Å². The van der Waals surface area contributed by atoms with E-state index in [4.69, 9.17) is 24.1 Å². The van der Waals surface area contributed by atoms with E-state index >= 15 is 0 Å². The molecule has 1 aliphatic rings. The topological polar surface area (TPSA) is 127 Å². The zero-order valence-electron chi connectivity index (χ0n) is 17.4. The number of aliphatic carboxylic acids is 1. The summed E-state index contributed by atoms with van der Waals surface area (Å²) in [6.07, 6.45) is -1.06. The Morgan fingerprint density at radius 2 is 2.03 bits per heavy atom. The maximum atomic E-state index is 11.0. The van der Waals surface area contributed by atoms with Gasteiger partial charge in [0.1, 0.15) is 25.1 Å². The molecule has 31 heavy (non-hydrogen) atoms. The Balaban J connectivity index is 1.45. The summed E-state index contributed by atoms with van der Waals surface area (Å²) >= 11 is 0. The smallest absolute Gasteiger partial charge is 0.348 e. The van der Waals surface area contributed by atoms with Gasteiger partial charge in [-0.25, -0.2) is 4.79 Å². The van der Waals surface area contributed by atoms with Crippen molar-refractivity contribution >= 4 is 5.97 Å². The highest BCUT2D eigenvalue weighted by atomic mass is 16.6. The van der Waals surface area contributed by atoms with Crippen molar-refractivity contribution < 1.29 is 39.1 Å². The van der Waals surface area contributed by atoms with Crippen LogP contribution in [0.2, 0.25) is 0 Å². The van der Waals surface area contributed by atoms with E-state index in [2.05, 4.69) is 5.32 Å². The summed E-state index contributed by atoms with van der Waals surface area (Å²) in [4.78, 5) is 11.0. The average molecular weight is 433 g/mol. The minimum atomic E-state index is -1.06. The van der Waals surface area contributed by atoms with E-state index in [1.54, 1.807) is 12.1 Å². The van der Waals surface area contributed by atoms with Crippen molar-refractivity contribution in [1.29, 1.82) is 0 Å². The lowest BCUT2D eigenvalue weighted by atomic mass is 10.1. The van der Waals surface area contributed by atoms with Crippen molar-refractivity contribution in [2.24, 2.45) is 0 Å². The number of carbonyl (C=O) groups is 1. The van der Waals surface area contributed by atoms with Crippen LogP contribution in [0.1, 0.15) is 12.5 Å². The van der Waals surface area contributed by atoms with Crippen molar-refractivity contribution in [3.05, 3.63) is 42.0 Å². The van der Waals surface area contributed by atoms with E-state index in [1.165, 1.54) is 19.2 Å². The third kappa shape index (κ3) is 6.16. The lowest BCUT2D eigenvalue weighted by Gasteiger charge is -2.24. The van der Waals surface area contributed by atoms with Crippen LogP contribution in [0.15, 0.2) is 36.4 Å². The molecule has 1 aliphatic heterocycles. The Labute approximate surface area is 180 Å². The molecule has 0 amide bonds. The standard InChI is InChI=1S/C22H27NO8/c1-13(7-14-3-5-18-20(8-14)30-12-21(31-18)22(26)27)23-10-16(25)11-29-17-6-4-15(24)9-19(17)28-2/h3-6,8-9,13,16,21,23-25H,7,10-12H2,1-2H3,(H,26,27)/t13-,16+,21-/m1/s1.